The van der Waals surface area contributed by atoms with Gasteiger partial charge in [-0.25, -0.2) is 0 Å². The Bertz CT molecular complexity index is 1060. The number of nitrogens with one attached hydrogen (secondary N) is 1. The lowest BCUT2D eigenvalue weighted by molar-refractivity contribution is 0.389. The molecule has 0 saturated carbocycles. The fourth-order valence-corrected chi connectivity index (χ4v) is 3.21. The normalized spacial score (nSPS) is 10.7. The minimum atomic E-state index is 0.741. The van der Waals surface area contributed by atoms with E-state index in [4.69, 9.17) is 9.47 Å². The summed E-state index contributed by atoms with van der Waals surface area (Å²) < 4.78 is 11.0. The third kappa shape index (κ3) is 3.20. The van der Waals surface area contributed by atoms with Crippen molar-refractivity contribution in [3.8, 4) is 45.1 Å². The van der Waals surface area contributed by atoms with Gasteiger partial charge in [-0.05, 0) is 36.2 Å². The van der Waals surface area contributed by atoms with E-state index in [1.807, 2.05) is 49.5 Å². The van der Waals surface area contributed by atoms with Gasteiger partial charge in [0.15, 0.2) is 0 Å². The van der Waals surface area contributed by atoms with Crippen molar-refractivity contribution in [1.82, 2.24) is 20.4 Å². The Hall–Kier alpha value is -3.67. The van der Waals surface area contributed by atoms with Crippen molar-refractivity contribution in [3.05, 3.63) is 66.5 Å². The van der Waals surface area contributed by atoms with Crippen LogP contribution in [0.15, 0.2) is 60.9 Å². The number of nitrogens with zero attached hydrogens (tertiary/aromatic N) is 3. The van der Waals surface area contributed by atoms with Gasteiger partial charge in [0.05, 0.1) is 14.2 Å². The van der Waals surface area contributed by atoms with Crippen molar-refractivity contribution < 1.29 is 9.47 Å². The second-order valence-electron chi connectivity index (χ2n) is 6.35. The van der Waals surface area contributed by atoms with Gasteiger partial charge in [0.2, 0.25) is 0 Å². The van der Waals surface area contributed by atoms with Crippen LogP contribution < -0.4 is 9.47 Å². The summed E-state index contributed by atoms with van der Waals surface area (Å²) in [7, 11) is 3.29. The first kappa shape index (κ1) is 17.7. The molecule has 1 N–H and O–H groups in total. The number of ether oxygens (including phenoxy) is 2. The fourth-order valence-electron chi connectivity index (χ4n) is 3.21. The van der Waals surface area contributed by atoms with Crippen LogP contribution in [-0.4, -0.2) is 34.6 Å². The minimum Gasteiger partial charge on any atom is -0.496 e. The summed E-state index contributed by atoms with van der Waals surface area (Å²) in [6, 6.07) is 16.0. The molecule has 2 aromatic heterocycles. The molecule has 0 amide bonds. The van der Waals surface area contributed by atoms with Gasteiger partial charge >= 0.3 is 0 Å². The molecule has 0 atom stereocenters. The molecule has 2 aromatic carbocycles. The van der Waals surface area contributed by atoms with Gasteiger partial charge in [0.1, 0.15) is 22.9 Å². The van der Waals surface area contributed by atoms with E-state index in [9.17, 15) is 0 Å². The Morgan fingerprint density at radius 3 is 1.93 bits per heavy atom. The fraction of sp³-hybridized carbons (Fsp3) is 0.136. The molecule has 0 bridgehead atoms. The lowest BCUT2D eigenvalue weighted by Crippen LogP contribution is -1.94. The number of pyridine rings is 1. The number of H-pyrrole nitrogens is 1. The average molecular weight is 372 g/mol. The number of methoxy groups -OCH3 is 2. The van der Waals surface area contributed by atoms with Crippen LogP contribution in [0.1, 0.15) is 5.56 Å². The molecule has 28 heavy (non-hydrogen) atoms. The van der Waals surface area contributed by atoms with E-state index in [-0.39, 0.29) is 0 Å². The highest BCUT2D eigenvalue weighted by Gasteiger charge is 2.17. The zero-order valence-electron chi connectivity index (χ0n) is 15.9. The van der Waals surface area contributed by atoms with Gasteiger partial charge in [-0.3, -0.25) is 4.98 Å². The zero-order valence-corrected chi connectivity index (χ0v) is 15.9. The molecule has 0 fully saturated rings. The van der Waals surface area contributed by atoms with Crippen molar-refractivity contribution in [1.29, 1.82) is 0 Å². The summed E-state index contributed by atoms with van der Waals surface area (Å²) in [4.78, 5) is 4.18. The van der Waals surface area contributed by atoms with Gasteiger partial charge in [0.25, 0.3) is 0 Å². The molecule has 6 heteroatoms. The van der Waals surface area contributed by atoms with Crippen LogP contribution >= 0.6 is 0 Å². The molecule has 0 unspecified atom stereocenters. The molecule has 6 nitrogen and oxygen atoms in total. The molecule has 0 aliphatic carbocycles. The first-order chi connectivity index (χ1) is 13.7. The van der Waals surface area contributed by atoms with Gasteiger partial charge in [-0.1, -0.05) is 30.3 Å². The minimum absolute atomic E-state index is 0.741. The van der Waals surface area contributed by atoms with Gasteiger partial charge in [0, 0.05) is 29.1 Å². The van der Waals surface area contributed by atoms with Crippen molar-refractivity contribution in [3.63, 3.8) is 0 Å². The largest absolute Gasteiger partial charge is 0.496 e. The molecule has 4 rings (SSSR count). The first-order valence-corrected chi connectivity index (χ1v) is 8.86. The molecule has 2 heterocycles. The highest BCUT2D eigenvalue weighted by molar-refractivity contribution is 5.80. The number of hydrogen-bond acceptors (Lipinski definition) is 5. The summed E-state index contributed by atoms with van der Waals surface area (Å²) in [6.07, 6.45) is 3.62. The molecule has 0 radical (unpaired) electrons. The highest BCUT2D eigenvalue weighted by Crippen LogP contribution is 2.37. The monoisotopic (exact) mass is 372 g/mol. The molecule has 0 aliphatic heterocycles. The Morgan fingerprint density at radius 2 is 1.36 bits per heavy atom. The standard InChI is InChI=1S/C22H20N4O2/c1-14-19(27-2)11-18(12-20(14)28-3)22-21(24-26-25-22)16-8-6-15(7-9-16)17-5-4-10-23-13-17/h4-13H,1-3H3,(H,24,25,26). The predicted octanol–water partition coefficient (Wildman–Crippen LogP) is 4.53. The van der Waals surface area contributed by atoms with E-state index >= 15 is 0 Å². The van der Waals surface area contributed by atoms with Crippen LogP contribution in [0.25, 0.3) is 33.6 Å². The highest BCUT2D eigenvalue weighted by atomic mass is 16.5. The smallest absolute Gasteiger partial charge is 0.126 e. The zero-order chi connectivity index (χ0) is 19.5. The number of aromatic amines is 1. The van der Waals surface area contributed by atoms with E-state index in [0.29, 0.717) is 0 Å². The van der Waals surface area contributed by atoms with Gasteiger partial charge in [-0.15, -0.1) is 0 Å². The summed E-state index contributed by atoms with van der Waals surface area (Å²) in [5.74, 6) is 1.49. The molecule has 0 saturated heterocycles. The van der Waals surface area contributed by atoms with Crippen LogP contribution in [-0.2, 0) is 0 Å². The summed E-state index contributed by atoms with van der Waals surface area (Å²) in [5.41, 5.74) is 6.47. The second-order valence-corrected chi connectivity index (χ2v) is 6.35. The maximum Gasteiger partial charge on any atom is 0.126 e. The van der Waals surface area contributed by atoms with Crippen LogP contribution in [0, 0.1) is 6.92 Å². The van der Waals surface area contributed by atoms with Crippen molar-refractivity contribution in [2.75, 3.05) is 14.2 Å². The van der Waals surface area contributed by atoms with Gasteiger partial charge < -0.3 is 9.47 Å². The topological polar surface area (TPSA) is 72.9 Å². The summed E-state index contributed by atoms with van der Waals surface area (Å²) in [6.45, 7) is 1.96. The SMILES string of the molecule is COc1cc(-c2n[nH]nc2-c2ccc(-c3cccnc3)cc2)cc(OC)c1C. The Labute approximate surface area is 163 Å². The van der Waals surface area contributed by atoms with E-state index in [0.717, 1.165) is 50.7 Å². The van der Waals surface area contributed by atoms with Crippen molar-refractivity contribution in [2.45, 2.75) is 6.92 Å². The number of aromatic nitrogens is 4. The second kappa shape index (κ2) is 7.52. The Morgan fingerprint density at radius 1 is 0.750 bits per heavy atom. The quantitative estimate of drug-likeness (QED) is 0.557. The summed E-state index contributed by atoms with van der Waals surface area (Å²) >= 11 is 0. The lowest BCUT2D eigenvalue weighted by Gasteiger charge is -2.12. The Balaban J connectivity index is 1.74. The van der Waals surface area contributed by atoms with Crippen molar-refractivity contribution in [2.24, 2.45) is 0 Å². The molecule has 140 valence electrons. The number of benzene rings is 2. The van der Waals surface area contributed by atoms with E-state index < -0.39 is 0 Å². The van der Waals surface area contributed by atoms with Crippen LogP contribution in [0.5, 0.6) is 11.5 Å². The molecule has 0 spiro atoms. The first-order valence-electron chi connectivity index (χ1n) is 8.86. The molecule has 4 aromatic rings. The number of hydrogen-bond donors (Lipinski definition) is 1. The van der Waals surface area contributed by atoms with Crippen LogP contribution in [0.4, 0.5) is 0 Å². The number of rotatable bonds is 5. The van der Waals surface area contributed by atoms with E-state index in [2.05, 4.69) is 32.5 Å². The third-order valence-corrected chi connectivity index (χ3v) is 4.73. The van der Waals surface area contributed by atoms with Crippen molar-refractivity contribution >= 4 is 0 Å². The van der Waals surface area contributed by atoms with Gasteiger partial charge in [-0.2, -0.15) is 15.4 Å². The molecular weight excluding hydrogens is 352 g/mol. The lowest BCUT2D eigenvalue weighted by atomic mass is 10.0. The molecule has 0 aliphatic rings. The molecular formula is C22H20N4O2. The van der Waals surface area contributed by atoms with Crippen LogP contribution in [0.3, 0.4) is 0 Å². The predicted molar refractivity (Wildman–Crippen MR) is 108 cm³/mol. The van der Waals surface area contributed by atoms with E-state index in [1.54, 1.807) is 20.4 Å². The maximum absolute atomic E-state index is 5.49. The summed E-state index contributed by atoms with van der Waals surface area (Å²) in [5, 5.41) is 11.5. The third-order valence-electron chi connectivity index (χ3n) is 4.73. The van der Waals surface area contributed by atoms with Crippen LogP contribution in [0.2, 0.25) is 0 Å². The Kier molecular flexibility index (Phi) is 4.76. The van der Waals surface area contributed by atoms with E-state index in [1.165, 1.54) is 0 Å². The maximum atomic E-state index is 5.49. The average Bonchev–Trinajstić information content (AvgIpc) is 3.24.